The van der Waals surface area contributed by atoms with Gasteiger partial charge in [-0.2, -0.15) is 0 Å². The fraction of sp³-hybridized carbons (Fsp3) is 0.200. The zero-order valence-corrected chi connectivity index (χ0v) is 13.2. The number of benzene rings is 1. The Balaban J connectivity index is 2.26. The number of ether oxygens (including phenoxy) is 2. The third-order valence-electron chi connectivity index (χ3n) is 2.56. The summed E-state index contributed by atoms with van der Waals surface area (Å²) >= 11 is 6.21. The van der Waals surface area contributed by atoms with Crippen LogP contribution in [0.5, 0.6) is 11.5 Å². The fourth-order valence-corrected chi connectivity index (χ4v) is 2.77. The van der Waals surface area contributed by atoms with E-state index in [4.69, 9.17) is 21.7 Å². The SMILES string of the molecule is C=CCOc1ccc(/C=C2\SC(=S)NC2=O)cc1OCC. The van der Waals surface area contributed by atoms with E-state index in [1.54, 1.807) is 12.2 Å². The fourth-order valence-electron chi connectivity index (χ4n) is 1.72. The van der Waals surface area contributed by atoms with Crippen LogP contribution in [-0.2, 0) is 4.79 Å². The molecule has 0 aromatic heterocycles. The van der Waals surface area contributed by atoms with Crippen molar-refractivity contribution in [2.45, 2.75) is 6.92 Å². The lowest BCUT2D eigenvalue weighted by molar-refractivity contribution is -0.115. The van der Waals surface area contributed by atoms with E-state index in [-0.39, 0.29) is 5.91 Å². The first-order valence-electron chi connectivity index (χ1n) is 6.39. The third-order valence-corrected chi connectivity index (χ3v) is 3.73. The van der Waals surface area contributed by atoms with Crippen LogP contribution in [0.1, 0.15) is 12.5 Å². The van der Waals surface area contributed by atoms with Gasteiger partial charge in [0, 0.05) is 0 Å². The van der Waals surface area contributed by atoms with Gasteiger partial charge >= 0.3 is 0 Å². The van der Waals surface area contributed by atoms with Crippen molar-refractivity contribution in [3.8, 4) is 11.5 Å². The van der Waals surface area contributed by atoms with Gasteiger partial charge in [0.2, 0.25) is 0 Å². The number of hydrogen-bond acceptors (Lipinski definition) is 5. The average Bonchev–Trinajstić information content (AvgIpc) is 2.76. The molecule has 0 atom stereocenters. The molecule has 1 aromatic carbocycles. The molecule has 1 amide bonds. The molecule has 1 aromatic rings. The van der Waals surface area contributed by atoms with Crippen LogP contribution in [0.25, 0.3) is 6.08 Å². The van der Waals surface area contributed by atoms with Gasteiger partial charge in [0.1, 0.15) is 10.9 Å². The van der Waals surface area contributed by atoms with Gasteiger partial charge < -0.3 is 14.8 Å². The van der Waals surface area contributed by atoms with Gasteiger partial charge in [-0.15, -0.1) is 0 Å². The van der Waals surface area contributed by atoms with Gasteiger partial charge in [0.15, 0.2) is 11.5 Å². The third kappa shape index (κ3) is 4.09. The molecule has 1 aliphatic rings. The van der Waals surface area contributed by atoms with Crippen LogP contribution in [0, 0.1) is 0 Å². The van der Waals surface area contributed by atoms with Gasteiger partial charge in [0.25, 0.3) is 5.91 Å². The number of thiocarbonyl (C=S) groups is 1. The van der Waals surface area contributed by atoms with E-state index in [1.807, 2.05) is 25.1 Å². The molecule has 0 spiro atoms. The summed E-state index contributed by atoms with van der Waals surface area (Å²) in [5.41, 5.74) is 0.853. The Labute approximate surface area is 133 Å². The number of rotatable bonds is 6. The van der Waals surface area contributed by atoms with Crippen LogP contribution in [-0.4, -0.2) is 23.4 Å². The molecule has 21 heavy (non-hydrogen) atoms. The number of amides is 1. The first kappa shape index (κ1) is 15.6. The predicted molar refractivity (Wildman–Crippen MR) is 89.6 cm³/mol. The summed E-state index contributed by atoms with van der Waals surface area (Å²) < 4.78 is 11.6. The van der Waals surface area contributed by atoms with Crippen LogP contribution < -0.4 is 14.8 Å². The van der Waals surface area contributed by atoms with Crippen molar-refractivity contribution in [1.82, 2.24) is 5.32 Å². The largest absolute Gasteiger partial charge is 0.490 e. The van der Waals surface area contributed by atoms with E-state index in [9.17, 15) is 4.79 Å². The molecule has 1 N–H and O–H groups in total. The highest BCUT2D eigenvalue weighted by Crippen LogP contribution is 2.31. The maximum Gasteiger partial charge on any atom is 0.263 e. The Morgan fingerprint density at radius 3 is 2.81 bits per heavy atom. The van der Waals surface area contributed by atoms with Crippen LogP contribution >= 0.6 is 24.0 Å². The zero-order chi connectivity index (χ0) is 15.2. The van der Waals surface area contributed by atoms with Gasteiger partial charge in [-0.25, -0.2) is 0 Å². The molecule has 1 heterocycles. The second-order valence-electron chi connectivity index (χ2n) is 4.09. The van der Waals surface area contributed by atoms with Gasteiger partial charge in [-0.3, -0.25) is 4.79 Å². The Morgan fingerprint density at radius 1 is 1.38 bits per heavy atom. The van der Waals surface area contributed by atoms with Crippen molar-refractivity contribution in [3.05, 3.63) is 41.3 Å². The number of hydrogen-bond donors (Lipinski definition) is 1. The highest BCUT2D eigenvalue weighted by Gasteiger charge is 2.22. The zero-order valence-electron chi connectivity index (χ0n) is 11.5. The monoisotopic (exact) mass is 321 g/mol. The summed E-state index contributed by atoms with van der Waals surface area (Å²) in [6, 6.07) is 5.52. The van der Waals surface area contributed by atoms with Crippen molar-refractivity contribution >= 4 is 40.3 Å². The molecular weight excluding hydrogens is 306 g/mol. The van der Waals surface area contributed by atoms with E-state index in [0.29, 0.717) is 33.9 Å². The second kappa shape index (κ2) is 7.28. The molecule has 110 valence electrons. The van der Waals surface area contributed by atoms with Crippen molar-refractivity contribution < 1.29 is 14.3 Å². The van der Waals surface area contributed by atoms with Crippen molar-refractivity contribution in [2.24, 2.45) is 0 Å². The van der Waals surface area contributed by atoms with Crippen LogP contribution in [0.2, 0.25) is 0 Å². The van der Waals surface area contributed by atoms with E-state index < -0.39 is 0 Å². The highest BCUT2D eigenvalue weighted by molar-refractivity contribution is 8.26. The van der Waals surface area contributed by atoms with Crippen LogP contribution in [0.4, 0.5) is 0 Å². The lowest BCUT2D eigenvalue weighted by Gasteiger charge is -2.11. The Hall–Kier alpha value is -1.79. The lowest BCUT2D eigenvalue weighted by atomic mass is 10.2. The first-order chi connectivity index (χ1) is 10.1. The van der Waals surface area contributed by atoms with E-state index in [2.05, 4.69) is 11.9 Å². The van der Waals surface area contributed by atoms with Crippen molar-refractivity contribution in [3.63, 3.8) is 0 Å². The number of thioether (sulfide) groups is 1. The second-order valence-corrected chi connectivity index (χ2v) is 5.81. The normalized spacial score (nSPS) is 16.0. The molecule has 6 heteroatoms. The highest BCUT2D eigenvalue weighted by atomic mass is 32.2. The quantitative estimate of drug-likeness (QED) is 0.495. The topological polar surface area (TPSA) is 47.6 Å². The summed E-state index contributed by atoms with van der Waals surface area (Å²) in [7, 11) is 0. The molecule has 4 nitrogen and oxygen atoms in total. The molecule has 0 radical (unpaired) electrons. The Kier molecular flexibility index (Phi) is 5.41. The van der Waals surface area contributed by atoms with Crippen LogP contribution in [0.15, 0.2) is 35.8 Å². The minimum atomic E-state index is -0.171. The molecule has 2 rings (SSSR count). The molecule has 1 fully saturated rings. The van der Waals surface area contributed by atoms with E-state index >= 15 is 0 Å². The molecule has 0 aliphatic carbocycles. The number of carbonyl (C=O) groups is 1. The summed E-state index contributed by atoms with van der Waals surface area (Å²) in [5, 5.41) is 2.59. The smallest absolute Gasteiger partial charge is 0.263 e. The number of carbonyl (C=O) groups excluding carboxylic acids is 1. The summed E-state index contributed by atoms with van der Waals surface area (Å²) in [6.45, 7) is 6.46. The minimum absolute atomic E-state index is 0.171. The van der Waals surface area contributed by atoms with Crippen LogP contribution in [0.3, 0.4) is 0 Å². The molecule has 0 bridgehead atoms. The Bertz CT molecular complexity index is 611. The minimum Gasteiger partial charge on any atom is -0.490 e. The van der Waals surface area contributed by atoms with Crippen molar-refractivity contribution in [2.75, 3.05) is 13.2 Å². The average molecular weight is 321 g/mol. The summed E-state index contributed by atoms with van der Waals surface area (Å²) in [6.07, 6.45) is 3.45. The molecule has 0 saturated carbocycles. The Morgan fingerprint density at radius 2 is 2.19 bits per heavy atom. The van der Waals surface area contributed by atoms with Gasteiger partial charge in [-0.1, -0.05) is 42.7 Å². The van der Waals surface area contributed by atoms with E-state index in [0.717, 1.165) is 5.56 Å². The summed E-state index contributed by atoms with van der Waals surface area (Å²) in [5.74, 6) is 1.12. The molecule has 0 unspecified atom stereocenters. The maximum atomic E-state index is 11.7. The van der Waals surface area contributed by atoms with Crippen molar-refractivity contribution in [1.29, 1.82) is 0 Å². The van der Waals surface area contributed by atoms with Gasteiger partial charge in [-0.05, 0) is 30.7 Å². The molecular formula is C15H15NO3S2. The standard InChI is InChI=1S/C15H15NO3S2/c1-3-7-19-11-6-5-10(8-12(11)18-4-2)9-13-14(17)16-15(20)21-13/h3,5-6,8-9H,1,4,7H2,2H3,(H,16,17,20)/b13-9-. The number of nitrogens with one attached hydrogen (secondary N) is 1. The maximum absolute atomic E-state index is 11.7. The molecule has 1 aliphatic heterocycles. The predicted octanol–water partition coefficient (Wildman–Crippen LogP) is 3.14. The molecule has 1 saturated heterocycles. The summed E-state index contributed by atoms with van der Waals surface area (Å²) in [4.78, 5) is 12.2. The lowest BCUT2D eigenvalue weighted by Crippen LogP contribution is -2.17. The first-order valence-corrected chi connectivity index (χ1v) is 7.62. The van der Waals surface area contributed by atoms with Gasteiger partial charge in [0.05, 0.1) is 11.5 Å². The van der Waals surface area contributed by atoms with E-state index in [1.165, 1.54) is 11.8 Å².